The molecule has 0 spiro atoms. The summed E-state index contributed by atoms with van der Waals surface area (Å²) >= 11 is 0. The van der Waals surface area contributed by atoms with Crippen LogP contribution < -0.4 is 11.5 Å². The summed E-state index contributed by atoms with van der Waals surface area (Å²) in [5, 5.41) is 0. The van der Waals surface area contributed by atoms with E-state index in [1.165, 1.54) is 33.7 Å². The standard InChI is InChI=1S/C12H20N2O4S2/c1-3-5-17-11(15)9(13)7-19-20-8-10(14)12(16)18-6-4-2/h3-4,9-10H,1-2,5-8,13-14H2/t9-,10-/m1/s1. The fourth-order valence-corrected chi connectivity index (χ4v) is 3.09. The summed E-state index contributed by atoms with van der Waals surface area (Å²) in [6.45, 7) is 7.15. The molecule has 0 rings (SSSR count). The van der Waals surface area contributed by atoms with E-state index in [4.69, 9.17) is 20.9 Å². The third kappa shape index (κ3) is 9.03. The van der Waals surface area contributed by atoms with E-state index in [-0.39, 0.29) is 13.2 Å². The van der Waals surface area contributed by atoms with Gasteiger partial charge in [0.2, 0.25) is 0 Å². The van der Waals surface area contributed by atoms with E-state index in [2.05, 4.69) is 13.2 Å². The molecule has 20 heavy (non-hydrogen) atoms. The first-order valence-electron chi connectivity index (χ1n) is 5.83. The highest BCUT2D eigenvalue weighted by atomic mass is 33.1. The lowest BCUT2D eigenvalue weighted by Gasteiger charge is -2.11. The monoisotopic (exact) mass is 320 g/mol. The third-order valence-electron chi connectivity index (χ3n) is 1.87. The lowest BCUT2D eigenvalue weighted by Crippen LogP contribution is -2.35. The Morgan fingerprint density at radius 3 is 1.60 bits per heavy atom. The molecule has 8 heteroatoms. The average Bonchev–Trinajstić information content (AvgIpc) is 2.45. The SMILES string of the molecule is C=CCOC(=O)[C@H](N)CSSC[C@@H](N)C(=O)OCC=C. The third-order valence-corrected chi connectivity index (χ3v) is 4.34. The van der Waals surface area contributed by atoms with Gasteiger partial charge in [0.25, 0.3) is 0 Å². The van der Waals surface area contributed by atoms with E-state index in [1.54, 1.807) is 0 Å². The molecule has 0 saturated heterocycles. The number of ether oxygens (including phenoxy) is 2. The molecule has 0 aliphatic heterocycles. The molecule has 114 valence electrons. The molecule has 0 heterocycles. The summed E-state index contributed by atoms with van der Waals surface area (Å²) in [5.41, 5.74) is 11.2. The number of hydrogen-bond donors (Lipinski definition) is 2. The van der Waals surface area contributed by atoms with Crippen LogP contribution in [0.4, 0.5) is 0 Å². The zero-order valence-corrected chi connectivity index (χ0v) is 12.8. The maximum atomic E-state index is 11.3. The quantitative estimate of drug-likeness (QED) is 0.245. The Morgan fingerprint density at radius 1 is 0.950 bits per heavy atom. The minimum Gasteiger partial charge on any atom is -0.460 e. The Morgan fingerprint density at radius 2 is 1.30 bits per heavy atom. The first kappa shape index (κ1) is 19.0. The second-order valence-corrected chi connectivity index (χ2v) is 6.17. The van der Waals surface area contributed by atoms with Crippen molar-refractivity contribution in [2.24, 2.45) is 11.5 Å². The lowest BCUT2D eigenvalue weighted by molar-refractivity contribution is -0.144. The van der Waals surface area contributed by atoms with E-state index in [0.717, 1.165) is 0 Å². The Hall–Kier alpha value is -0.960. The summed E-state index contributed by atoms with van der Waals surface area (Å²) < 4.78 is 9.60. The minimum atomic E-state index is -0.712. The van der Waals surface area contributed by atoms with Crippen molar-refractivity contribution in [2.75, 3.05) is 24.7 Å². The van der Waals surface area contributed by atoms with Gasteiger partial charge in [-0.25, -0.2) is 0 Å². The van der Waals surface area contributed by atoms with Gasteiger partial charge < -0.3 is 20.9 Å². The molecule has 0 aromatic rings. The number of carbonyl (C=O) groups excluding carboxylic acids is 2. The number of rotatable bonds is 11. The van der Waals surface area contributed by atoms with Crippen LogP contribution in [-0.4, -0.2) is 48.7 Å². The van der Waals surface area contributed by atoms with E-state index >= 15 is 0 Å². The van der Waals surface area contributed by atoms with Gasteiger partial charge in [-0.15, -0.1) is 0 Å². The molecule has 4 N–H and O–H groups in total. The largest absolute Gasteiger partial charge is 0.460 e. The van der Waals surface area contributed by atoms with Crippen LogP contribution in [0.3, 0.4) is 0 Å². The van der Waals surface area contributed by atoms with Gasteiger partial charge in [0.15, 0.2) is 0 Å². The van der Waals surface area contributed by atoms with Gasteiger partial charge in [0, 0.05) is 11.5 Å². The predicted octanol–water partition coefficient (Wildman–Crippen LogP) is 0.481. The number of hydrogen-bond acceptors (Lipinski definition) is 8. The molecule has 0 aromatic heterocycles. The summed E-state index contributed by atoms with van der Waals surface area (Å²) in [5.74, 6) is -0.218. The van der Waals surface area contributed by atoms with E-state index in [9.17, 15) is 9.59 Å². The summed E-state index contributed by atoms with van der Waals surface area (Å²) in [7, 11) is 2.70. The first-order chi connectivity index (χ1) is 9.52. The van der Waals surface area contributed by atoms with Crippen LogP contribution in [0, 0.1) is 0 Å². The Labute approximate surface area is 126 Å². The van der Waals surface area contributed by atoms with Crippen molar-refractivity contribution in [3.8, 4) is 0 Å². The van der Waals surface area contributed by atoms with Crippen LogP contribution in [0.25, 0.3) is 0 Å². The van der Waals surface area contributed by atoms with Crippen LogP contribution in [0.5, 0.6) is 0 Å². The summed E-state index contributed by atoms with van der Waals surface area (Å²) in [6.07, 6.45) is 2.95. The Kier molecular flexibility index (Phi) is 11.3. The van der Waals surface area contributed by atoms with E-state index in [1.807, 2.05) is 0 Å². The van der Waals surface area contributed by atoms with Crippen molar-refractivity contribution in [2.45, 2.75) is 12.1 Å². The molecule has 0 fully saturated rings. The lowest BCUT2D eigenvalue weighted by atomic mass is 10.4. The molecule has 0 unspecified atom stereocenters. The average molecular weight is 320 g/mol. The molecule has 0 aliphatic carbocycles. The van der Waals surface area contributed by atoms with Crippen LogP contribution in [0.15, 0.2) is 25.3 Å². The number of carbonyl (C=O) groups is 2. The molecule has 0 bridgehead atoms. The van der Waals surface area contributed by atoms with Crippen LogP contribution in [0.1, 0.15) is 0 Å². The van der Waals surface area contributed by atoms with Crippen molar-refractivity contribution in [3.05, 3.63) is 25.3 Å². The fraction of sp³-hybridized carbons (Fsp3) is 0.500. The van der Waals surface area contributed by atoms with Gasteiger partial charge in [-0.1, -0.05) is 46.9 Å². The normalized spacial score (nSPS) is 13.1. The molecule has 0 saturated carbocycles. The number of esters is 2. The van der Waals surface area contributed by atoms with E-state index in [0.29, 0.717) is 11.5 Å². The highest BCUT2D eigenvalue weighted by molar-refractivity contribution is 8.76. The highest BCUT2D eigenvalue weighted by Gasteiger charge is 2.17. The predicted molar refractivity (Wildman–Crippen MR) is 83.2 cm³/mol. The zero-order chi connectivity index (χ0) is 15.4. The molecular formula is C12H20N2O4S2. The van der Waals surface area contributed by atoms with Crippen LogP contribution in [0.2, 0.25) is 0 Å². The molecule has 0 aliphatic rings. The van der Waals surface area contributed by atoms with Crippen molar-refractivity contribution < 1.29 is 19.1 Å². The van der Waals surface area contributed by atoms with Gasteiger partial charge in [-0.05, 0) is 0 Å². The van der Waals surface area contributed by atoms with Crippen LogP contribution >= 0.6 is 21.6 Å². The summed E-state index contributed by atoms with van der Waals surface area (Å²) in [6, 6.07) is -1.42. The summed E-state index contributed by atoms with van der Waals surface area (Å²) in [4.78, 5) is 22.7. The van der Waals surface area contributed by atoms with Gasteiger partial charge in [-0.3, -0.25) is 9.59 Å². The highest BCUT2D eigenvalue weighted by Crippen LogP contribution is 2.22. The minimum absolute atomic E-state index is 0.143. The maximum Gasteiger partial charge on any atom is 0.324 e. The van der Waals surface area contributed by atoms with Crippen molar-refractivity contribution >= 4 is 33.5 Å². The van der Waals surface area contributed by atoms with E-state index < -0.39 is 24.0 Å². The zero-order valence-electron chi connectivity index (χ0n) is 11.2. The Balaban J connectivity index is 3.73. The molecular weight excluding hydrogens is 300 g/mol. The molecule has 6 nitrogen and oxygen atoms in total. The first-order valence-corrected chi connectivity index (χ1v) is 8.32. The molecule has 0 radical (unpaired) electrons. The smallest absolute Gasteiger partial charge is 0.324 e. The second kappa shape index (κ2) is 11.8. The second-order valence-electron chi connectivity index (χ2n) is 3.62. The fourth-order valence-electron chi connectivity index (χ4n) is 0.875. The maximum absolute atomic E-state index is 11.3. The Bertz CT molecular complexity index is 307. The molecule has 0 amide bonds. The van der Waals surface area contributed by atoms with Crippen molar-refractivity contribution in [1.29, 1.82) is 0 Å². The van der Waals surface area contributed by atoms with Crippen molar-refractivity contribution in [3.63, 3.8) is 0 Å². The number of nitrogens with two attached hydrogens (primary N) is 2. The van der Waals surface area contributed by atoms with Gasteiger partial charge in [0.05, 0.1) is 0 Å². The molecule has 0 aromatic carbocycles. The van der Waals surface area contributed by atoms with Gasteiger partial charge in [0.1, 0.15) is 25.3 Å². The van der Waals surface area contributed by atoms with Gasteiger partial charge >= 0.3 is 11.9 Å². The van der Waals surface area contributed by atoms with Crippen molar-refractivity contribution in [1.82, 2.24) is 0 Å². The molecule has 2 atom stereocenters. The topological polar surface area (TPSA) is 105 Å². The van der Waals surface area contributed by atoms with Gasteiger partial charge in [-0.2, -0.15) is 0 Å². The van der Waals surface area contributed by atoms with Crippen LogP contribution in [-0.2, 0) is 19.1 Å².